The molecule has 0 saturated carbocycles. The number of sulfonamides is 1. The summed E-state index contributed by atoms with van der Waals surface area (Å²) in [7, 11) is -3.70. The maximum Gasteiger partial charge on any atom is 0.242 e. The molecule has 0 radical (unpaired) electrons. The highest BCUT2D eigenvalue weighted by atomic mass is 79.9. The average Bonchev–Trinajstić information content (AvgIpc) is 2.28. The minimum Gasteiger partial charge on any atom is -0.356 e. The summed E-state index contributed by atoms with van der Waals surface area (Å²) >= 11 is 9.08. The second-order valence-corrected chi connectivity index (χ2v) is 6.73. The molecular formula is C11H14BrClN2O3S. The molecule has 1 aromatic carbocycles. The van der Waals surface area contributed by atoms with Gasteiger partial charge in [-0.1, -0.05) is 27.5 Å². The molecule has 0 aliphatic heterocycles. The molecule has 0 unspecified atom stereocenters. The highest BCUT2D eigenvalue weighted by Gasteiger charge is 2.17. The first-order valence-electron chi connectivity index (χ1n) is 5.58. The molecule has 5 nitrogen and oxygen atoms in total. The Morgan fingerprint density at radius 2 is 2.11 bits per heavy atom. The number of hydrogen-bond donors (Lipinski definition) is 2. The summed E-state index contributed by atoms with van der Waals surface area (Å²) in [5, 5.41) is 2.71. The van der Waals surface area contributed by atoms with Gasteiger partial charge in [0.15, 0.2) is 0 Å². The lowest BCUT2D eigenvalue weighted by molar-refractivity contribution is -0.120. The Labute approximate surface area is 125 Å². The van der Waals surface area contributed by atoms with Gasteiger partial charge in [0.05, 0.1) is 5.02 Å². The van der Waals surface area contributed by atoms with Crippen molar-refractivity contribution >= 4 is 43.5 Å². The summed E-state index contributed by atoms with van der Waals surface area (Å²) in [5.41, 5.74) is 0. The van der Waals surface area contributed by atoms with E-state index >= 15 is 0 Å². The lowest BCUT2D eigenvalue weighted by Gasteiger charge is -2.08. The van der Waals surface area contributed by atoms with Crippen LogP contribution in [0.3, 0.4) is 0 Å². The summed E-state index contributed by atoms with van der Waals surface area (Å²) in [4.78, 5) is 11.2. The maximum absolute atomic E-state index is 12.0. The molecule has 2 N–H and O–H groups in total. The van der Waals surface area contributed by atoms with E-state index in [4.69, 9.17) is 11.6 Å². The minimum absolute atomic E-state index is 0.00623. The maximum atomic E-state index is 12.0. The van der Waals surface area contributed by atoms with Crippen LogP contribution in [0, 0.1) is 0 Å². The van der Waals surface area contributed by atoms with Crippen LogP contribution in [0.1, 0.15) is 13.3 Å². The zero-order valence-electron chi connectivity index (χ0n) is 10.2. The normalized spacial score (nSPS) is 11.3. The molecule has 0 aliphatic carbocycles. The fourth-order valence-electron chi connectivity index (χ4n) is 1.36. The van der Waals surface area contributed by atoms with Crippen LogP contribution in [-0.2, 0) is 14.8 Å². The van der Waals surface area contributed by atoms with E-state index in [1.165, 1.54) is 12.1 Å². The van der Waals surface area contributed by atoms with Gasteiger partial charge in [-0.15, -0.1) is 0 Å². The van der Waals surface area contributed by atoms with Gasteiger partial charge in [0.25, 0.3) is 0 Å². The predicted octanol–water partition coefficient (Wildman–Crippen LogP) is 1.91. The molecule has 0 atom stereocenters. The second-order valence-electron chi connectivity index (χ2n) is 3.68. The van der Waals surface area contributed by atoms with Crippen molar-refractivity contribution < 1.29 is 13.2 Å². The molecule has 19 heavy (non-hydrogen) atoms. The number of amides is 1. The molecule has 0 bridgehead atoms. The standard InChI is InChI=1S/C11H14BrClN2O3S/c1-2-14-11(16)5-6-15-19(17,18)10-4-3-8(12)7-9(10)13/h3-4,7,15H,2,5-6H2,1H3,(H,14,16). The van der Waals surface area contributed by atoms with Crippen molar-refractivity contribution in [2.24, 2.45) is 0 Å². The number of rotatable bonds is 6. The van der Waals surface area contributed by atoms with Crippen LogP contribution < -0.4 is 10.0 Å². The van der Waals surface area contributed by atoms with Crippen molar-refractivity contribution in [3.8, 4) is 0 Å². The lowest BCUT2D eigenvalue weighted by Crippen LogP contribution is -2.30. The van der Waals surface area contributed by atoms with Gasteiger partial charge in [0.1, 0.15) is 4.90 Å². The highest BCUT2D eigenvalue weighted by Crippen LogP contribution is 2.24. The van der Waals surface area contributed by atoms with E-state index in [-0.39, 0.29) is 28.8 Å². The molecular weight excluding hydrogens is 356 g/mol. The quantitative estimate of drug-likeness (QED) is 0.804. The van der Waals surface area contributed by atoms with Gasteiger partial charge >= 0.3 is 0 Å². The molecule has 106 valence electrons. The van der Waals surface area contributed by atoms with Crippen molar-refractivity contribution in [2.75, 3.05) is 13.1 Å². The van der Waals surface area contributed by atoms with Crippen molar-refractivity contribution in [1.82, 2.24) is 10.0 Å². The Hall–Kier alpha value is -0.630. The number of hydrogen-bond acceptors (Lipinski definition) is 3. The fraction of sp³-hybridized carbons (Fsp3) is 0.364. The van der Waals surface area contributed by atoms with Gasteiger partial charge in [-0.25, -0.2) is 13.1 Å². The Morgan fingerprint density at radius 1 is 1.42 bits per heavy atom. The lowest BCUT2D eigenvalue weighted by atomic mass is 10.4. The first kappa shape index (κ1) is 16.4. The molecule has 1 rings (SSSR count). The molecule has 0 aromatic heterocycles. The third-order valence-electron chi connectivity index (χ3n) is 2.20. The smallest absolute Gasteiger partial charge is 0.242 e. The fourth-order valence-corrected chi connectivity index (χ4v) is 3.42. The Bertz CT molecular complexity index is 563. The topological polar surface area (TPSA) is 75.3 Å². The molecule has 1 amide bonds. The van der Waals surface area contributed by atoms with Gasteiger partial charge in [-0.3, -0.25) is 4.79 Å². The third-order valence-corrected chi connectivity index (χ3v) is 4.64. The summed E-state index contributed by atoms with van der Waals surface area (Å²) in [6.45, 7) is 2.34. The molecule has 0 spiro atoms. The Balaban J connectivity index is 2.68. The Kier molecular flexibility index (Phi) is 6.25. The van der Waals surface area contributed by atoms with Crippen molar-refractivity contribution in [3.63, 3.8) is 0 Å². The number of carbonyl (C=O) groups is 1. The molecule has 0 fully saturated rings. The summed E-state index contributed by atoms with van der Waals surface area (Å²) in [5.74, 6) is -0.202. The number of halogens is 2. The summed E-state index contributed by atoms with van der Waals surface area (Å²) in [6.07, 6.45) is 0.0845. The Morgan fingerprint density at radius 3 is 2.68 bits per heavy atom. The molecule has 0 heterocycles. The minimum atomic E-state index is -3.70. The van der Waals surface area contributed by atoms with Gasteiger partial charge in [0, 0.05) is 24.0 Å². The average molecular weight is 370 g/mol. The second kappa shape index (κ2) is 7.23. The van der Waals surface area contributed by atoms with Crippen LogP contribution in [0.5, 0.6) is 0 Å². The largest absolute Gasteiger partial charge is 0.356 e. The monoisotopic (exact) mass is 368 g/mol. The van der Waals surface area contributed by atoms with Gasteiger partial charge < -0.3 is 5.32 Å². The van der Waals surface area contributed by atoms with E-state index in [9.17, 15) is 13.2 Å². The molecule has 0 aliphatic rings. The number of nitrogens with one attached hydrogen (secondary N) is 2. The van der Waals surface area contributed by atoms with Crippen molar-refractivity contribution in [1.29, 1.82) is 0 Å². The number of carbonyl (C=O) groups excluding carboxylic acids is 1. The van der Waals surface area contributed by atoms with Crippen molar-refractivity contribution in [3.05, 3.63) is 27.7 Å². The van der Waals surface area contributed by atoms with Crippen LogP contribution in [0.25, 0.3) is 0 Å². The summed E-state index contributed by atoms with van der Waals surface area (Å²) in [6, 6.07) is 4.49. The first-order valence-corrected chi connectivity index (χ1v) is 8.23. The van der Waals surface area contributed by atoms with E-state index in [1.807, 2.05) is 0 Å². The van der Waals surface area contributed by atoms with Gasteiger partial charge in [-0.05, 0) is 25.1 Å². The molecule has 0 saturated heterocycles. The SMILES string of the molecule is CCNC(=O)CCNS(=O)(=O)c1ccc(Br)cc1Cl. The highest BCUT2D eigenvalue weighted by molar-refractivity contribution is 9.10. The van der Waals surface area contributed by atoms with Crippen molar-refractivity contribution in [2.45, 2.75) is 18.2 Å². The zero-order chi connectivity index (χ0) is 14.5. The van der Waals surface area contributed by atoms with Crippen LogP contribution in [0.15, 0.2) is 27.6 Å². The van der Waals surface area contributed by atoms with Crippen LogP contribution >= 0.6 is 27.5 Å². The van der Waals surface area contributed by atoms with E-state index in [2.05, 4.69) is 26.0 Å². The third kappa shape index (κ3) is 5.10. The summed E-state index contributed by atoms with van der Waals surface area (Å²) < 4.78 is 27.0. The zero-order valence-corrected chi connectivity index (χ0v) is 13.4. The van der Waals surface area contributed by atoms with Crippen LogP contribution in [-0.4, -0.2) is 27.4 Å². The van der Waals surface area contributed by atoms with Gasteiger partial charge in [-0.2, -0.15) is 0 Å². The molecule has 8 heteroatoms. The van der Waals surface area contributed by atoms with E-state index < -0.39 is 10.0 Å². The first-order chi connectivity index (χ1) is 8.86. The van der Waals surface area contributed by atoms with Crippen LogP contribution in [0.4, 0.5) is 0 Å². The van der Waals surface area contributed by atoms with Crippen LogP contribution in [0.2, 0.25) is 5.02 Å². The predicted molar refractivity (Wildman–Crippen MR) is 77.6 cm³/mol. The number of benzene rings is 1. The van der Waals surface area contributed by atoms with E-state index in [1.54, 1.807) is 13.0 Å². The van der Waals surface area contributed by atoms with E-state index in [0.29, 0.717) is 11.0 Å². The van der Waals surface area contributed by atoms with Gasteiger partial charge in [0.2, 0.25) is 15.9 Å². The van der Waals surface area contributed by atoms with E-state index in [0.717, 1.165) is 0 Å². The molecule has 1 aromatic rings.